The van der Waals surface area contributed by atoms with E-state index in [0.29, 0.717) is 0 Å². The van der Waals surface area contributed by atoms with Crippen molar-refractivity contribution in [3.05, 3.63) is 0 Å². The van der Waals surface area contributed by atoms with Gasteiger partial charge in [-0.3, -0.25) is 0 Å². The Bertz CT molecular complexity index is 56.2. The van der Waals surface area contributed by atoms with Gasteiger partial charge in [0.15, 0.2) is 0 Å². The quantitative estimate of drug-likeness (QED) is 0.647. The highest BCUT2D eigenvalue weighted by Crippen LogP contribution is 1.96. The zero-order chi connectivity index (χ0) is 6.41. The predicted molar refractivity (Wildman–Crippen MR) is 45.3 cm³/mol. The van der Waals surface area contributed by atoms with Gasteiger partial charge in [0.1, 0.15) is 0 Å². The van der Waals surface area contributed by atoms with Crippen LogP contribution in [0.3, 0.4) is 0 Å². The van der Waals surface area contributed by atoms with Crippen molar-refractivity contribution in [2.45, 2.75) is 12.5 Å². The first-order valence-corrected chi connectivity index (χ1v) is 4.06. The fourth-order valence-electron chi connectivity index (χ4n) is 0.361. The lowest BCUT2D eigenvalue weighted by atomic mass is 10.3. The van der Waals surface area contributed by atoms with Crippen LogP contribution in [-0.4, -0.2) is 29.8 Å². The molecule has 0 heterocycles. The fourth-order valence-corrected chi connectivity index (χ4v) is 0.899. The van der Waals surface area contributed by atoms with Crippen molar-refractivity contribution in [1.82, 2.24) is 0 Å². The molecule has 3 N–H and O–H groups in total. The molecule has 0 aromatic rings. The summed E-state index contributed by atoms with van der Waals surface area (Å²) in [5, 5.41) is 8.43. The summed E-state index contributed by atoms with van der Waals surface area (Å²) < 4.78 is 0. The van der Waals surface area contributed by atoms with Crippen LogP contribution in [0.4, 0.5) is 0 Å². The number of thioether (sulfide) groups is 1. The largest absolute Gasteiger partial charge is 0.395 e. The van der Waals surface area contributed by atoms with Crippen LogP contribution in [0.15, 0.2) is 0 Å². The van der Waals surface area contributed by atoms with Gasteiger partial charge >= 0.3 is 0 Å². The smallest absolute Gasteiger partial charge is 0.0582 e. The van der Waals surface area contributed by atoms with Gasteiger partial charge in [-0.05, 0) is 18.4 Å². The summed E-state index contributed by atoms with van der Waals surface area (Å²) in [7, 11) is 0. The number of halogens is 1. The Balaban J connectivity index is 0. The molecule has 2 nitrogen and oxygen atoms in total. The van der Waals surface area contributed by atoms with Gasteiger partial charge in [0, 0.05) is 6.04 Å². The molecule has 1 atom stereocenters. The minimum absolute atomic E-state index is 0. The average Bonchev–Trinajstić information content (AvgIpc) is 1.83. The summed E-state index contributed by atoms with van der Waals surface area (Å²) in [5.41, 5.74) is 5.40. The molecule has 9 heavy (non-hydrogen) atoms. The normalized spacial score (nSPS) is 12.3. The predicted octanol–water partition coefficient (Wildman–Crippen LogP) is 0.481. The van der Waals surface area contributed by atoms with E-state index in [4.69, 9.17) is 10.8 Å². The average molecular weight is 172 g/mol. The van der Waals surface area contributed by atoms with E-state index in [1.807, 2.05) is 6.26 Å². The molecule has 0 bridgehead atoms. The van der Waals surface area contributed by atoms with E-state index in [0.717, 1.165) is 12.2 Å². The number of aliphatic hydroxyl groups is 1. The third-order valence-corrected chi connectivity index (χ3v) is 1.57. The summed E-state index contributed by atoms with van der Waals surface area (Å²) >= 11 is 1.75. The SMILES string of the molecule is CSCC[C@@H](N)CO.Cl. The molecule has 0 spiro atoms. The highest BCUT2D eigenvalue weighted by molar-refractivity contribution is 7.98. The van der Waals surface area contributed by atoms with Crippen molar-refractivity contribution in [2.75, 3.05) is 18.6 Å². The Morgan fingerprint density at radius 1 is 1.67 bits per heavy atom. The summed E-state index contributed by atoms with van der Waals surface area (Å²) in [6.45, 7) is 0.112. The van der Waals surface area contributed by atoms with Crippen molar-refractivity contribution in [1.29, 1.82) is 0 Å². The maximum Gasteiger partial charge on any atom is 0.0582 e. The van der Waals surface area contributed by atoms with Crippen LogP contribution in [0.5, 0.6) is 0 Å². The van der Waals surface area contributed by atoms with E-state index in [1.165, 1.54) is 0 Å². The van der Waals surface area contributed by atoms with Crippen molar-refractivity contribution >= 4 is 24.2 Å². The molecular weight excluding hydrogens is 158 g/mol. The molecule has 58 valence electrons. The van der Waals surface area contributed by atoms with Crippen molar-refractivity contribution in [3.63, 3.8) is 0 Å². The summed E-state index contributed by atoms with van der Waals surface area (Å²) in [4.78, 5) is 0. The van der Waals surface area contributed by atoms with Gasteiger partial charge < -0.3 is 10.8 Å². The molecule has 0 saturated heterocycles. The van der Waals surface area contributed by atoms with E-state index >= 15 is 0 Å². The van der Waals surface area contributed by atoms with Crippen molar-refractivity contribution in [2.24, 2.45) is 5.73 Å². The van der Waals surface area contributed by atoms with E-state index in [2.05, 4.69) is 0 Å². The van der Waals surface area contributed by atoms with Gasteiger partial charge in [-0.2, -0.15) is 11.8 Å². The maximum atomic E-state index is 8.43. The number of hydrogen-bond acceptors (Lipinski definition) is 3. The Hall–Kier alpha value is 0.560. The number of nitrogens with two attached hydrogens (primary N) is 1. The first-order chi connectivity index (χ1) is 3.81. The Kier molecular flexibility index (Phi) is 11.7. The van der Waals surface area contributed by atoms with Gasteiger partial charge in [0.05, 0.1) is 6.61 Å². The second-order valence-electron chi connectivity index (χ2n) is 1.72. The zero-order valence-corrected chi connectivity index (χ0v) is 7.17. The first kappa shape index (κ1) is 12.3. The van der Waals surface area contributed by atoms with E-state index in [9.17, 15) is 0 Å². The fraction of sp³-hybridized carbons (Fsp3) is 1.00. The summed E-state index contributed by atoms with van der Waals surface area (Å²) in [6.07, 6.45) is 2.95. The lowest BCUT2D eigenvalue weighted by Gasteiger charge is -2.03. The van der Waals surface area contributed by atoms with E-state index < -0.39 is 0 Å². The third kappa shape index (κ3) is 8.56. The van der Waals surface area contributed by atoms with Crippen molar-refractivity contribution in [3.8, 4) is 0 Å². The van der Waals surface area contributed by atoms with E-state index in [-0.39, 0.29) is 25.1 Å². The van der Waals surface area contributed by atoms with Crippen LogP contribution in [0, 0.1) is 0 Å². The van der Waals surface area contributed by atoms with Crippen LogP contribution in [-0.2, 0) is 0 Å². The molecule has 0 aromatic carbocycles. The highest BCUT2D eigenvalue weighted by atomic mass is 35.5. The van der Waals surface area contributed by atoms with Crippen LogP contribution in [0.25, 0.3) is 0 Å². The van der Waals surface area contributed by atoms with Gasteiger partial charge in [0.2, 0.25) is 0 Å². The molecule has 0 aliphatic rings. The molecule has 0 aromatic heterocycles. The van der Waals surface area contributed by atoms with Crippen LogP contribution in [0.2, 0.25) is 0 Å². The number of aliphatic hydroxyl groups excluding tert-OH is 1. The lowest BCUT2D eigenvalue weighted by Crippen LogP contribution is -2.24. The van der Waals surface area contributed by atoms with Crippen LogP contribution < -0.4 is 5.73 Å². The Morgan fingerprint density at radius 3 is 2.56 bits per heavy atom. The molecule has 0 fully saturated rings. The zero-order valence-electron chi connectivity index (χ0n) is 5.54. The van der Waals surface area contributed by atoms with E-state index in [1.54, 1.807) is 11.8 Å². The van der Waals surface area contributed by atoms with Gasteiger partial charge in [-0.1, -0.05) is 0 Å². The van der Waals surface area contributed by atoms with Crippen LogP contribution in [0.1, 0.15) is 6.42 Å². The molecule has 4 heteroatoms. The molecular formula is C5H14ClNOS. The number of hydrogen-bond donors (Lipinski definition) is 2. The topological polar surface area (TPSA) is 46.2 Å². The molecule has 0 amide bonds. The van der Waals surface area contributed by atoms with Gasteiger partial charge in [-0.15, -0.1) is 12.4 Å². The summed E-state index contributed by atoms with van der Waals surface area (Å²) in [5.74, 6) is 1.04. The van der Waals surface area contributed by atoms with Crippen LogP contribution >= 0.6 is 24.2 Å². The lowest BCUT2D eigenvalue weighted by molar-refractivity contribution is 0.264. The molecule has 0 saturated carbocycles. The van der Waals surface area contributed by atoms with Crippen molar-refractivity contribution < 1.29 is 5.11 Å². The second-order valence-corrected chi connectivity index (χ2v) is 2.71. The summed E-state index contributed by atoms with van der Waals surface area (Å²) in [6, 6.07) is -0.0116. The first-order valence-electron chi connectivity index (χ1n) is 2.66. The standard InChI is InChI=1S/C5H13NOS.ClH/c1-8-3-2-5(6)4-7;/h5,7H,2-4,6H2,1H3;1H/t5-;/m1./s1. The molecule has 0 aliphatic heterocycles. The maximum absolute atomic E-state index is 8.43. The Labute approximate surface area is 66.6 Å². The minimum atomic E-state index is -0.0116. The third-order valence-electron chi connectivity index (χ3n) is 0.927. The molecule has 0 rings (SSSR count). The monoisotopic (exact) mass is 171 g/mol. The van der Waals surface area contributed by atoms with Gasteiger partial charge in [0.25, 0.3) is 0 Å². The number of rotatable bonds is 4. The second kappa shape index (κ2) is 8.56. The Morgan fingerprint density at radius 2 is 2.22 bits per heavy atom. The molecule has 0 unspecified atom stereocenters. The molecule has 0 radical (unpaired) electrons. The molecule has 0 aliphatic carbocycles. The highest BCUT2D eigenvalue weighted by Gasteiger charge is 1.96. The van der Waals surface area contributed by atoms with Gasteiger partial charge in [-0.25, -0.2) is 0 Å². The minimum Gasteiger partial charge on any atom is -0.395 e.